The second-order valence-electron chi connectivity index (χ2n) is 12.5. The molecule has 5 rings (SSSR count). The number of Topliss-reactive ketones (excluding diaryl/α,β-unsaturated/α-hetero) is 1. The summed E-state index contributed by atoms with van der Waals surface area (Å²) in [6, 6.07) is 3.93. The van der Waals surface area contributed by atoms with E-state index in [0.717, 1.165) is 0 Å². The second-order valence-corrected chi connectivity index (χ2v) is 12.5. The minimum atomic E-state index is -2.24. The van der Waals surface area contributed by atoms with Gasteiger partial charge in [0.15, 0.2) is 17.9 Å². The Morgan fingerprint density at radius 2 is 1.79 bits per heavy atom. The van der Waals surface area contributed by atoms with Gasteiger partial charge in [0.2, 0.25) is 5.78 Å². The Labute approximate surface area is 248 Å². The third-order valence-electron chi connectivity index (χ3n) is 8.38. The van der Waals surface area contributed by atoms with Gasteiger partial charge in [-0.1, -0.05) is 12.1 Å². The van der Waals surface area contributed by atoms with Crippen molar-refractivity contribution in [3.63, 3.8) is 0 Å². The predicted molar refractivity (Wildman–Crippen MR) is 150 cm³/mol. The van der Waals surface area contributed by atoms with Gasteiger partial charge in [-0.25, -0.2) is 0 Å². The Morgan fingerprint density at radius 3 is 2.42 bits per heavy atom. The van der Waals surface area contributed by atoms with E-state index in [1.165, 1.54) is 25.3 Å². The van der Waals surface area contributed by atoms with Gasteiger partial charge in [0.25, 0.3) is 0 Å². The SMILES string of the molecule is COc1cccc2c1C(=O)c1c(O)c3c(c(O)c1C2=O)C[C@@](O)(C(=O)CO)C[C@@H]3OC1C[C@H](NC(C)(C)C)[C@@H](O)[C@H](C)O1. The molecule has 0 amide bonds. The third-order valence-corrected chi connectivity index (χ3v) is 8.38. The molecule has 1 unspecified atom stereocenters. The summed E-state index contributed by atoms with van der Waals surface area (Å²) in [5.41, 5.74) is -3.91. The maximum absolute atomic E-state index is 13.8. The average Bonchev–Trinajstić information content (AvgIpc) is 2.94. The summed E-state index contributed by atoms with van der Waals surface area (Å²) in [7, 11) is 1.33. The van der Waals surface area contributed by atoms with Crippen LogP contribution in [0.1, 0.15) is 89.6 Å². The van der Waals surface area contributed by atoms with E-state index >= 15 is 0 Å². The number of aromatic hydroxyl groups is 2. The Kier molecular flexibility index (Phi) is 7.91. The van der Waals surface area contributed by atoms with Crippen LogP contribution in [0.2, 0.25) is 0 Å². The smallest absolute Gasteiger partial charge is 0.202 e. The lowest BCUT2D eigenvalue weighted by Gasteiger charge is -2.44. The summed E-state index contributed by atoms with van der Waals surface area (Å²) >= 11 is 0. The fourth-order valence-corrected chi connectivity index (χ4v) is 6.41. The molecule has 2 aliphatic carbocycles. The molecule has 12 nitrogen and oxygen atoms in total. The fraction of sp³-hybridized carbons (Fsp3) is 0.516. The summed E-state index contributed by atoms with van der Waals surface area (Å²) in [6.07, 6.45) is -4.79. The van der Waals surface area contributed by atoms with E-state index in [4.69, 9.17) is 14.2 Å². The molecule has 232 valence electrons. The first-order valence-corrected chi connectivity index (χ1v) is 14.1. The Morgan fingerprint density at radius 1 is 1.12 bits per heavy atom. The number of methoxy groups -OCH3 is 1. The van der Waals surface area contributed by atoms with E-state index in [1.54, 1.807) is 6.92 Å². The number of nitrogens with one attached hydrogen (secondary N) is 1. The lowest BCUT2D eigenvalue weighted by atomic mass is 9.72. The number of fused-ring (bicyclic) bond motifs is 3. The molecule has 6 atom stereocenters. The topological polar surface area (TPSA) is 192 Å². The van der Waals surface area contributed by atoms with Crippen molar-refractivity contribution in [2.24, 2.45) is 0 Å². The fourth-order valence-electron chi connectivity index (χ4n) is 6.41. The van der Waals surface area contributed by atoms with Gasteiger partial charge >= 0.3 is 0 Å². The van der Waals surface area contributed by atoms with E-state index in [0.29, 0.717) is 0 Å². The van der Waals surface area contributed by atoms with Gasteiger partial charge in [-0.2, -0.15) is 0 Å². The summed E-state index contributed by atoms with van der Waals surface area (Å²) in [6.45, 7) is 6.45. The largest absolute Gasteiger partial charge is 0.507 e. The van der Waals surface area contributed by atoms with Gasteiger partial charge in [0.05, 0.1) is 42.1 Å². The first-order valence-electron chi connectivity index (χ1n) is 14.1. The van der Waals surface area contributed by atoms with Crippen molar-refractivity contribution in [2.45, 2.75) is 88.7 Å². The highest BCUT2D eigenvalue weighted by molar-refractivity contribution is 6.31. The van der Waals surface area contributed by atoms with E-state index in [-0.39, 0.29) is 40.0 Å². The van der Waals surface area contributed by atoms with Gasteiger partial charge < -0.3 is 45.1 Å². The minimum Gasteiger partial charge on any atom is -0.507 e. The summed E-state index contributed by atoms with van der Waals surface area (Å²) in [4.78, 5) is 40.2. The zero-order valence-electron chi connectivity index (χ0n) is 24.6. The number of ether oxygens (including phenoxy) is 3. The van der Waals surface area contributed by atoms with Crippen LogP contribution in [0.25, 0.3) is 0 Å². The summed E-state index contributed by atoms with van der Waals surface area (Å²) in [5, 5.41) is 58.2. The molecule has 2 aromatic rings. The van der Waals surface area contributed by atoms with Crippen LogP contribution in [0.3, 0.4) is 0 Å². The zero-order valence-corrected chi connectivity index (χ0v) is 24.6. The molecule has 43 heavy (non-hydrogen) atoms. The van der Waals surface area contributed by atoms with Crippen LogP contribution in [0.15, 0.2) is 18.2 Å². The number of hydrogen-bond acceptors (Lipinski definition) is 12. The van der Waals surface area contributed by atoms with Crippen molar-refractivity contribution in [2.75, 3.05) is 13.7 Å². The monoisotopic (exact) mass is 599 g/mol. The van der Waals surface area contributed by atoms with Crippen molar-refractivity contribution in [1.82, 2.24) is 5.32 Å². The van der Waals surface area contributed by atoms with Crippen LogP contribution < -0.4 is 10.1 Å². The molecule has 3 aliphatic rings. The van der Waals surface area contributed by atoms with E-state index < -0.39 is 95.7 Å². The lowest BCUT2D eigenvalue weighted by Crippen LogP contribution is -2.58. The quantitative estimate of drug-likeness (QED) is 0.224. The van der Waals surface area contributed by atoms with E-state index in [9.17, 15) is 39.9 Å². The predicted octanol–water partition coefficient (Wildman–Crippen LogP) is 1.43. The molecule has 6 N–H and O–H groups in total. The van der Waals surface area contributed by atoms with Crippen LogP contribution in [0.4, 0.5) is 0 Å². The normalized spacial score (nSPS) is 28.6. The first-order chi connectivity index (χ1) is 20.1. The number of hydrogen-bond donors (Lipinski definition) is 6. The number of rotatable bonds is 6. The molecule has 12 heteroatoms. The molecule has 1 aliphatic heterocycles. The molecule has 2 aromatic carbocycles. The third kappa shape index (κ3) is 5.22. The number of phenolic OH excluding ortho intramolecular Hbond substituents is 2. The molecule has 1 heterocycles. The van der Waals surface area contributed by atoms with Crippen molar-refractivity contribution < 1.29 is 54.1 Å². The lowest BCUT2D eigenvalue weighted by molar-refractivity contribution is -0.250. The molecule has 0 saturated carbocycles. The Balaban J connectivity index is 1.64. The number of aliphatic hydroxyl groups is 3. The zero-order chi connectivity index (χ0) is 31.6. The summed E-state index contributed by atoms with van der Waals surface area (Å²) in [5.74, 6) is -3.70. The number of aliphatic hydroxyl groups excluding tert-OH is 2. The van der Waals surface area contributed by atoms with E-state index in [2.05, 4.69) is 5.32 Å². The second kappa shape index (κ2) is 11.0. The highest BCUT2D eigenvalue weighted by Crippen LogP contribution is 2.52. The molecule has 1 fully saturated rings. The van der Waals surface area contributed by atoms with Crippen LogP contribution in [-0.4, -0.2) is 92.3 Å². The van der Waals surface area contributed by atoms with Gasteiger partial charge in [-0.3, -0.25) is 14.4 Å². The highest BCUT2D eigenvalue weighted by Gasteiger charge is 2.50. The van der Waals surface area contributed by atoms with Gasteiger partial charge in [-0.05, 0) is 33.8 Å². The molecular weight excluding hydrogens is 562 g/mol. The Hall–Kier alpha value is -3.39. The maximum atomic E-state index is 13.8. The standard InChI is InChI=1S/C31H37NO11/c1-13-25(35)16(32-30(2,3)4)9-20(42-13)43-18-11-31(40,19(34)12-33)10-15-22(18)29(39)24-23(27(15)37)26(36)14-7-6-8-17(41-5)21(14)28(24)38/h6-8,13,16,18,20,25,32-33,35,37,39-40H,9-12H2,1-5H3/t13-,16-,18-,20?,25-,31-/m0/s1. The molecule has 0 bridgehead atoms. The van der Waals surface area contributed by atoms with Crippen LogP contribution >= 0.6 is 0 Å². The number of benzene rings is 2. The van der Waals surface area contributed by atoms with Gasteiger partial charge in [0, 0.05) is 47.5 Å². The number of phenols is 2. The van der Waals surface area contributed by atoms with Gasteiger partial charge in [-0.15, -0.1) is 0 Å². The van der Waals surface area contributed by atoms with Crippen molar-refractivity contribution in [3.8, 4) is 17.2 Å². The van der Waals surface area contributed by atoms with Gasteiger partial charge in [0.1, 0.15) is 29.5 Å². The average molecular weight is 600 g/mol. The van der Waals surface area contributed by atoms with E-state index in [1.807, 2.05) is 20.8 Å². The molecular formula is C31H37NO11. The van der Waals surface area contributed by atoms with Crippen molar-refractivity contribution in [3.05, 3.63) is 51.6 Å². The number of carbonyl (C=O) groups excluding carboxylic acids is 3. The van der Waals surface area contributed by atoms with Crippen molar-refractivity contribution >= 4 is 17.3 Å². The molecule has 0 spiro atoms. The molecule has 1 saturated heterocycles. The minimum absolute atomic E-state index is 0.0441. The summed E-state index contributed by atoms with van der Waals surface area (Å²) < 4.78 is 17.5. The van der Waals surface area contributed by atoms with Crippen LogP contribution in [0, 0.1) is 0 Å². The van der Waals surface area contributed by atoms with Crippen LogP contribution in [-0.2, 0) is 20.7 Å². The number of ketones is 3. The molecule has 0 aromatic heterocycles. The molecule has 0 radical (unpaired) electrons. The van der Waals surface area contributed by atoms with Crippen LogP contribution in [0.5, 0.6) is 17.2 Å². The highest BCUT2D eigenvalue weighted by atomic mass is 16.7. The number of carbonyl (C=O) groups is 3. The maximum Gasteiger partial charge on any atom is 0.202 e. The van der Waals surface area contributed by atoms with Crippen molar-refractivity contribution in [1.29, 1.82) is 0 Å². The Bertz CT molecular complexity index is 1500. The first kappa shape index (κ1) is 31.0.